The summed E-state index contributed by atoms with van der Waals surface area (Å²) in [6, 6.07) is 0.125. The molecule has 0 saturated heterocycles. The van der Waals surface area contributed by atoms with Gasteiger partial charge in [-0.1, -0.05) is 6.92 Å². The number of rotatable bonds is 7. The minimum absolute atomic E-state index is 0.125. The summed E-state index contributed by atoms with van der Waals surface area (Å²) in [6.45, 7) is 2.03. The Labute approximate surface area is 82.1 Å². The van der Waals surface area contributed by atoms with E-state index in [9.17, 15) is 4.21 Å². The van der Waals surface area contributed by atoms with Gasteiger partial charge in [-0.15, -0.1) is 0 Å². The average Bonchev–Trinajstić information content (AvgIpc) is 2.05. The van der Waals surface area contributed by atoms with Crippen molar-refractivity contribution in [1.82, 2.24) is 0 Å². The molecule has 0 bridgehead atoms. The van der Waals surface area contributed by atoms with Crippen LogP contribution in [-0.2, 0) is 10.8 Å². The first-order valence-corrected chi connectivity index (χ1v) is 7.18. The first-order chi connectivity index (χ1) is 5.70. The second-order valence-corrected chi connectivity index (χ2v) is 5.43. The highest BCUT2D eigenvalue weighted by atomic mass is 32.2. The van der Waals surface area contributed by atoms with Crippen LogP contribution in [0.15, 0.2) is 0 Å². The fourth-order valence-corrected chi connectivity index (χ4v) is 2.77. The molecule has 0 aliphatic carbocycles. The Morgan fingerprint density at radius 2 is 2.25 bits per heavy atom. The van der Waals surface area contributed by atoms with Gasteiger partial charge in [-0.05, 0) is 24.9 Å². The predicted octanol–water partition coefficient (Wildman–Crippen LogP) is 1.23. The van der Waals surface area contributed by atoms with Gasteiger partial charge in [0.05, 0.1) is 0 Å². The summed E-state index contributed by atoms with van der Waals surface area (Å²) < 4.78 is 11.3. The molecule has 0 aromatic heterocycles. The highest BCUT2D eigenvalue weighted by Gasteiger charge is 2.04. The lowest BCUT2D eigenvalue weighted by atomic mass is 10.3. The van der Waals surface area contributed by atoms with Crippen LogP contribution < -0.4 is 5.73 Å². The van der Waals surface area contributed by atoms with Gasteiger partial charge >= 0.3 is 0 Å². The van der Waals surface area contributed by atoms with Crippen molar-refractivity contribution in [3.05, 3.63) is 0 Å². The van der Waals surface area contributed by atoms with Crippen molar-refractivity contribution in [1.29, 1.82) is 0 Å². The fraction of sp³-hybridized carbons (Fsp3) is 1.00. The van der Waals surface area contributed by atoms with E-state index in [1.165, 1.54) is 0 Å². The van der Waals surface area contributed by atoms with E-state index in [0.29, 0.717) is 5.75 Å². The maximum atomic E-state index is 11.3. The van der Waals surface area contributed by atoms with Crippen LogP contribution in [0.1, 0.15) is 19.8 Å². The van der Waals surface area contributed by atoms with Gasteiger partial charge < -0.3 is 5.73 Å². The molecule has 74 valence electrons. The van der Waals surface area contributed by atoms with Crippen LogP contribution in [0.25, 0.3) is 0 Å². The van der Waals surface area contributed by atoms with Gasteiger partial charge in [0.2, 0.25) is 0 Å². The second-order valence-electron chi connectivity index (χ2n) is 2.83. The van der Waals surface area contributed by atoms with E-state index in [1.54, 1.807) is 11.8 Å². The highest BCUT2D eigenvalue weighted by molar-refractivity contribution is 7.98. The maximum Gasteiger partial charge on any atom is 0.0386 e. The summed E-state index contributed by atoms with van der Waals surface area (Å²) in [5.74, 6) is 2.59. The first-order valence-electron chi connectivity index (χ1n) is 4.30. The van der Waals surface area contributed by atoms with Gasteiger partial charge in [-0.25, -0.2) is 0 Å². The normalized spacial score (nSPS) is 15.9. The molecule has 2 atom stereocenters. The van der Waals surface area contributed by atoms with Crippen molar-refractivity contribution >= 4 is 22.6 Å². The molecule has 4 heteroatoms. The lowest BCUT2D eigenvalue weighted by molar-refractivity contribution is 0.662. The Hall–Kier alpha value is 0.460. The van der Waals surface area contributed by atoms with Gasteiger partial charge in [0.15, 0.2) is 0 Å². The van der Waals surface area contributed by atoms with Crippen LogP contribution in [-0.4, -0.2) is 33.8 Å². The van der Waals surface area contributed by atoms with Gasteiger partial charge in [0, 0.05) is 28.3 Å². The molecular weight excluding hydrogens is 190 g/mol. The minimum Gasteiger partial charge on any atom is -0.327 e. The van der Waals surface area contributed by atoms with Crippen LogP contribution in [0.5, 0.6) is 0 Å². The summed E-state index contributed by atoms with van der Waals surface area (Å²) in [5.41, 5.74) is 5.68. The van der Waals surface area contributed by atoms with Gasteiger partial charge in [-0.3, -0.25) is 4.21 Å². The van der Waals surface area contributed by atoms with E-state index in [4.69, 9.17) is 5.73 Å². The van der Waals surface area contributed by atoms with Crippen molar-refractivity contribution in [2.45, 2.75) is 25.8 Å². The van der Waals surface area contributed by atoms with E-state index in [1.807, 2.05) is 6.92 Å². The number of thioether (sulfide) groups is 1. The molecule has 0 saturated carbocycles. The molecule has 12 heavy (non-hydrogen) atoms. The average molecular weight is 209 g/mol. The van der Waals surface area contributed by atoms with Crippen molar-refractivity contribution in [3.8, 4) is 0 Å². The summed E-state index contributed by atoms with van der Waals surface area (Å²) >= 11 is 1.80. The Morgan fingerprint density at radius 3 is 2.75 bits per heavy atom. The second kappa shape index (κ2) is 8.08. The molecule has 0 spiro atoms. The molecule has 0 aromatic carbocycles. The number of hydrogen-bond acceptors (Lipinski definition) is 3. The van der Waals surface area contributed by atoms with Crippen LogP contribution in [0.4, 0.5) is 0 Å². The quantitative estimate of drug-likeness (QED) is 0.641. The third-order valence-electron chi connectivity index (χ3n) is 1.64. The molecule has 0 aromatic rings. The summed E-state index contributed by atoms with van der Waals surface area (Å²) in [5, 5.41) is 0. The molecule has 0 radical (unpaired) electrons. The third-order valence-corrected chi connectivity index (χ3v) is 3.89. The van der Waals surface area contributed by atoms with Gasteiger partial charge in [-0.2, -0.15) is 11.8 Å². The van der Waals surface area contributed by atoms with Crippen LogP contribution in [0.2, 0.25) is 0 Å². The Balaban J connectivity index is 3.33. The Kier molecular flexibility index (Phi) is 8.39. The number of nitrogens with two attached hydrogens (primary N) is 1. The standard InChI is InChI=1S/C8H19NOS2/c1-3-8(9)7-12(10)6-4-5-11-2/h8H,3-7,9H2,1-2H3. The molecule has 0 heterocycles. The summed E-state index contributed by atoms with van der Waals surface area (Å²) in [6.07, 6.45) is 4.04. The molecule has 2 nitrogen and oxygen atoms in total. The van der Waals surface area contributed by atoms with E-state index >= 15 is 0 Å². The molecule has 0 rings (SSSR count). The zero-order valence-electron chi connectivity index (χ0n) is 7.91. The van der Waals surface area contributed by atoms with E-state index < -0.39 is 10.8 Å². The summed E-state index contributed by atoms with van der Waals surface area (Å²) in [4.78, 5) is 0. The van der Waals surface area contributed by atoms with E-state index in [0.717, 1.165) is 24.3 Å². The van der Waals surface area contributed by atoms with Crippen LogP contribution in [0, 0.1) is 0 Å². The van der Waals surface area contributed by atoms with Crippen molar-refractivity contribution in [2.75, 3.05) is 23.5 Å². The zero-order chi connectivity index (χ0) is 9.40. The Morgan fingerprint density at radius 1 is 1.58 bits per heavy atom. The molecular formula is C8H19NOS2. The first kappa shape index (κ1) is 12.5. The zero-order valence-corrected chi connectivity index (χ0v) is 9.55. The largest absolute Gasteiger partial charge is 0.327 e. The molecule has 0 amide bonds. The topological polar surface area (TPSA) is 43.1 Å². The highest BCUT2D eigenvalue weighted by Crippen LogP contribution is 1.99. The molecule has 2 N–H and O–H groups in total. The molecule has 2 unspecified atom stereocenters. The molecule has 0 fully saturated rings. The van der Waals surface area contributed by atoms with Crippen molar-refractivity contribution in [2.24, 2.45) is 5.73 Å². The smallest absolute Gasteiger partial charge is 0.0386 e. The fourth-order valence-electron chi connectivity index (χ4n) is 0.804. The third kappa shape index (κ3) is 7.13. The summed E-state index contributed by atoms with van der Waals surface area (Å²) in [7, 11) is -0.690. The Bertz CT molecular complexity index is 130. The van der Waals surface area contributed by atoms with Gasteiger partial charge in [0.1, 0.15) is 0 Å². The van der Waals surface area contributed by atoms with E-state index in [-0.39, 0.29) is 6.04 Å². The lowest BCUT2D eigenvalue weighted by Crippen LogP contribution is -2.27. The minimum atomic E-state index is -0.690. The van der Waals surface area contributed by atoms with Crippen molar-refractivity contribution in [3.63, 3.8) is 0 Å². The van der Waals surface area contributed by atoms with Crippen LogP contribution in [0.3, 0.4) is 0 Å². The van der Waals surface area contributed by atoms with Gasteiger partial charge in [0.25, 0.3) is 0 Å². The van der Waals surface area contributed by atoms with E-state index in [2.05, 4.69) is 6.26 Å². The number of hydrogen-bond donors (Lipinski definition) is 1. The van der Waals surface area contributed by atoms with Crippen LogP contribution >= 0.6 is 11.8 Å². The van der Waals surface area contributed by atoms with Crippen molar-refractivity contribution < 1.29 is 4.21 Å². The monoisotopic (exact) mass is 209 g/mol. The lowest BCUT2D eigenvalue weighted by Gasteiger charge is -2.07. The molecule has 0 aliphatic heterocycles. The maximum absolute atomic E-state index is 11.3. The predicted molar refractivity (Wildman–Crippen MR) is 59.1 cm³/mol. The molecule has 0 aliphatic rings. The SMILES string of the molecule is CCC(N)CS(=O)CCCSC.